The Labute approximate surface area is 235 Å². The average Bonchev–Trinajstić information content (AvgIpc) is 3.21. The van der Waals surface area contributed by atoms with Crippen molar-refractivity contribution < 1.29 is 34.0 Å². The summed E-state index contributed by atoms with van der Waals surface area (Å²) in [7, 11) is 0. The molecule has 3 rings (SSSR count). The molecule has 7 heteroatoms. The van der Waals surface area contributed by atoms with Crippen LogP contribution in [0.1, 0.15) is 97.8 Å². The van der Waals surface area contributed by atoms with Gasteiger partial charge >= 0.3 is 5.97 Å². The van der Waals surface area contributed by atoms with Crippen LogP contribution >= 0.6 is 0 Å². The SMILES string of the molecule is CC(C)=CCC(C)[C@H](/C=C/[C@@H]1[C@@H](C/C=C\CCCC(=O)O)[C@@H](O)C[C@H]1OC1CCCCO1)OC1CCCCO1. The Morgan fingerprint density at radius 2 is 1.77 bits per heavy atom. The van der Waals surface area contributed by atoms with Gasteiger partial charge in [0.05, 0.1) is 18.3 Å². The number of ether oxygens (including phenoxy) is 4. The molecule has 3 unspecified atom stereocenters. The summed E-state index contributed by atoms with van der Waals surface area (Å²) in [6.07, 6.45) is 19.7. The van der Waals surface area contributed by atoms with Crippen LogP contribution in [0.15, 0.2) is 36.0 Å². The van der Waals surface area contributed by atoms with Gasteiger partial charge in [-0.3, -0.25) is 4.79 Å². The topological polar surface area (TPSA) is 94.5 Å². The van der Waals surface area contributed by atoms with E-state index in [-0.39, 0.29) is 49.0 Å². The first-order chi connectivity index (χ1) is 18.8. The molecule has 222 valence electrons. The van der Waals surface area contributed by atoms with Crippen LogP contribution in [0, 0.1) is 17.8 Å². The highest BCUT2D eigenvalue weighted by molar-refractivity contribution is 5.66. The van der Waals surface area contributed by atoms with Crippen LogP contribution < -0.4 is 0 Å². The number of hydrogen-bond donors (Lipinski definition) is 2. The van der Waals surface area contributed by atoms with E-state index < -0.39 is 12.1 Å². The molecule has 2 saturated heterocycles. The van der Waals surface area contributed by atoms with E-state index in [9.17, 15) is 9.90 Å². The van der Waals surface area contributed by atoms with Crippen molar-refractivity contribution in [1.29, 1.82) is 0 Å². The van der Waals surface area contributed by atoms with E-state index in [4.69, 9.17) is 24.1 Å². The number of carboxylic acids is 1. The van der Waals surface area contributed by atoms with Crippen LogP contribution in [-0.2, 0) is 23.7 Å². The number of unbranched alkanes of at least 4 members (excludes halogenated alkanes) is 1. The summed E-state index contributed by atoms with van der Waals surface area (Å²) < 4.78 is 24.8. The summed E-state index contributed by atoms with van der Waals surface area (Å²) in [6, 6.07) is 0. The quantitative estimate of drug-likeness (QED) is 0.177. The van der Waals surface area contributed by atoms with Gasteiger partial charge in [0.15, 0.2) is 12.6 Å². The molecule has 0 amide bonds. The molecule has 0 bridgehead atoms. The van der Waals surface area contributed by atoms with Crippen molar-refractivity contribution in [2.24, 2.45) is 17.8 Å². The van der Waals surface area contributed by atoms with Crippen LogP contribution in [0.2, 0.25) is 0 Å². The zero-order chi connectivity index (χ0) is 28.0. The van der Waals surface area contributed by atoms with Gasteiger partial charge in [-0.15, -0.1) is 0 Å². The highest BCUT2D eigenvalue weighted by Gasteiger charge is 2.42. The van der Waals surface area contributed by atoms with Gasteiger partial charge in [0.25, 0.3) is 0 Å². The van der Waals surface area contributed by atoms with E-state index in [1.54, 1.807) is 0 Å². The van der Waals surface area contributed by atoms with Crippen molar-refractivity contribution in [3.63, 3.8) is 0 Å². The molecule has 0 aromatic carbocycles. The maximum atomic E-state index is 11.1. The lowest BCUT2D eigenvalue weighted by Gasteiger charge is -2.31. The van der Waals surface area contributed by atoms with Crippen LogP contribution in [0.5, 0.6) is 0 Å². The standard InChI is InChI=1S/C32H52O7/c1-23(2)16-17-24(3)28(38-31-14-8-10-20-36-31)19-18-26-25(12-6-4-5-7-13-30(34)35)27(33)22-29(26)39-32-15-9-11-21-37-32/h4,6,16,18-19,24-29,31-33H,5,7-15,17,20-22H2,1-3H3,(H,34,35)/b6-4-,19-18+/t24?,25-,26-,27+,28+,29-,31?,32?/m1/s1. The first-order valence-corrected chi connectivity index (χ1v) is 15.2. The van der Waals surface area contributed by atoms with Gasteiger partial charge in [0, 0.05) is 32.0 Å². The largest absolute Gasteiger partial charge is 0.481 e. The molecule has 3 fully saturated rings. The number of carbonyl (C=O) groups is 1. The van der Waals surface area contributed by atoms with Gasteiger partial charge in [-0.05, 0) is 89.9 Å². The summed E-state index contributed by atoms with van der Waals surface area (Å²) in [4.78, 5) is 10.8. The highest BCUT2D eigenvalue weighted by Crippen LogP contribution is 2.40. The fourth-order valence-electron chi connectivity index (χ4n) is 5.74. The Kier molecular flexibility index (Phi) is 14.2. The van der Waals surface area contributed by atoms with Gasteiger partial charge in [0.2, 0.25) is 0 Å². The molecule has 0 aromatic rings. The van der Waals surface area contributed by atoms with E-state index in [0.717, 1.165) is 71.0 Å². The maximum absolute atomic E-state index is 11.1. The molecular formula is C32H52O7. The normalized spacial score (nSPS) is 31.5. The number of rotatable bonds is 15. The number of aliphatic hydroxyl groups is 1. The minimum atomic E-state index is -0.765. The van der Waals surface area contributed by atoms with Crippen molar-refractivity contribution in [1.82, 2.24) is 0 Å². The number of aliphatic carboxylic acids is 1. The van der Waals surface area contributed by atoms with E-state index in [2.05, 4.69) is 45.1 Å². The van der Waals surface area contributed by atoms with E-state index in [0.29, 0.717) is 12.8 Å². The molecule has 2 aliphatic heterocycles. The summed E-state index contributed by atoms with van der Waals surface area (Å²) in [5.41, 5.74) is 1.30. The van der Waals surface area contributed by atoms with Gasteiger partial charge in [0.1, 0.15) is 0 Å². The summed E-state index contributed by atoms with van der Waals surface area (Å²) in [6.45, 7) is 7.94. The maximum Gasteiger partial charge on any atom is 0.303 e. The predicted molar refractivity (Wildman–Crippen MR) is 152 cm³/mol. The molecule has 8 atom stereocenters. The fraction of sp³-hybridized carbons (Fsp3) is 0.781. The minimum Gasteiger partial charge on any atom is -0.481 e. The molecule has 1 aliphatic carbocycles. The fourth-order valence-corrected chi connectivity index (χ4v) is 5.74. The number of carboxylic acid groups (broad SMARTS) is 1. The summed E-state index contributed by atoms with van der Waals surface area (Å²) >= 11 is 0. The number of allylic oxidation sites excluding steroid dienone is 4. The first kappa shape index (κ1) is 32.0. The third-order valence-corrected chi connectivity index (χ3v) is 8.12. The molecular weight excluding hydrogens is 496 g/mol. The van der Waals surface area contributed by atoms with Crippen molar-refractivity contribution >= 4 is 5.97 Å². The molecule has 0 spiro atoms. The zero-order valence-electron chi connectivity index (χ0n) is 24.3. The Balaban J connectivity index is 1.73. The third kappa shape index (κ3) is 11.5. The highest BCUT2D eigenvalue weighted by atomic mass is 16.7. The second-order valence-electron chi connectivity index (χ2n) is 11.8. The van der Waals surface area contributed by atoms with E-state index in [1.165, 1.54) is 5.57 Å². The lowest BCUT2D eigenvalue weighted by atomic mass is 9.88. The van der Waals surface area contributed by atoms with Crippen LogP contribution in [0.25, 0.3) is 0 Å². The van der Waals surface area contributed by atoms with Crippen molar-refractivity contribution in [3.8, 4) is 0 Å². The number of hydrogen-bond acceptors (Lipinski definition) is 6. The number of aliphatic hydroxyl groups excluding tert-OH is 1. The Morgan fingerprint density at radius 1 is 1.05 bits per heavy atom. The van der Waals surface area contributed by atoms with Crippen molar-refractivity contribution in [2.45, 2.75) is 129 Å². The predicted octanol–water partition coefficient (Wildman–Crippen LogP) is 6.56. The van der Waals surface area contributed by atoms with Crippen LogP contribution in [0.3, 0.4) is 0 Å². The average molecular weight is 549 g/mol. The van der Waals surface area contributed by atoms with E-state index >= 15 is 0 Å². The third-order valence-electron chi connectivity index (χ3n) is 8.12. The van der Waals surface area contributed by atoms with Crippen LogP contribution in [-0.4, -0.2) is 60.3 Å². The molecule has 7 nitrogen and oxygen atoms in total. The van der Waals surface area contributed by atoms with E-state index in [1.807, 2.05) is 6.08 Å². The van der Waals surface area contributed by atoms with Gasteiger partial charge in [-0.1, -0.05) is 42.9 Å². The second kappa shape index (κ2) is 17.3. The Hall–Kier alpha value is -1.51. The summed E-state index contributed by atoms with van der Waals surface area (Å²) in [5, 5.41) is 20.0. The van der Waals surface area contributed by atoms with Gasteiger partial charge < -0.3 is 29.2 Å². The van der Waals surface area contributed by atoms with Crippen molar-refractivity contribution in [2.75, 3.05) is 13.2 Å². The second-order valence-corrected chi connectivity index (χ2v) is 11.8. The molecule has 2 heterocycles. The monoisotopic (exact) mass is 548 g/mol. The smallest absolute Gasteiger partial charge is 0.303 e. The van der Waals surface area contributed by atoms with Crippen LogP contribution in [0.4, 0.5) is 0 Å². The molecule has 0 aromatic heterocycles. The Morgan fingerprint density at radius 3 is 2.41 bits per heavy atom. The molecule has 0 radical (unpaired) electrons. The summed E-state index contributed by atoms with van der Waals surface area (Å²) in [5.74, 6) is -0.436. The zero-order valence-corrected chi connectivity index (χ0v) is 24.3. The van der Waals surface area contributed by atoms with Gasteiger partial charge in [-0.2, -0.15) is 0 Å². The molecule has 1 saturated carbocycles. The first-order valence-electron chi connectivity index (χ1n) is 15.2. The lowest BCUT2D eigenvalue weighted by molar-refractivity contribution is -0.193. The van der Waals surface area contributed by atoms with Crippen molar-refractivity contribution in [3.05, 3.63) is 36.0 Å². The molecule has 2 N–H and O–H groups in total. The molecule has 39 heavy (non-hydrogen) atoms. The minimum absolute atomic E-state index is 0.0187. The molecule has 3 aliphatic rings. The lowest BCUT2D eigenvalue weighted by Crippen LogP contribution is -2.32. The Bertz CT molecular complexity index is 790. The van der Waals surface area contributed by atoms with Gasteiger partial charge in [-0.25, -0.2) is 0 Å².